The van der Waals surface area contributed by atoms with Crippen molar-refractivity contribution in [2.75, 3.05) is 25.1 Å². The molecule has 15 heavy (non-hydrogen) atoms. The van der Waals surface area contributed by atoms with Crippen LogP contribution in [0.1, 0.15) is 12.0 Å². The van der Waals surface area contributed by atoms with Gasteiger partial charge in [0.25, 0.3) is 0 Å². The van der Waals surface area contributed by atoms with E-state index in [9.17, 15) is 0 Å². The molecule has 1 fully saturated rings. The van der Waals surface area contributed by atoms with Crippen molar-refractivity contribution in [1.29, 1.82) is 5.26 Å². The first-order valence-corrected chi connectivity index (χ1v) is 4.83. The Bertz CT molecular complexity index is 370. The summed E-state index contributed by atoms with van der Waals surface area (Å²) < 4.78 is 5.26. The number of methoxy groups -OCH3 is 1. The molecule has 0 bridgehead atoms. The number of anilines is 1. The number of ether oxygens (including phenoxy) is 1. The van der Waals surface area contributed by atoms with E-state index in [4.69, 9.17) is 10.00 Å². The Morgan fingerprint density at radius 1 is 1.53 bits per heavy atom. The molecule has 0 aliphatic carbocycles. The smallest absolute Gasteiger partial charge is 0.225 e. The van der Waals surface area contributed by atoms with Crippen LogP contribution in [-0.4, -0.2) is 36.3 Å². The summed E-state index contributed by atoms with van der Waals surface area (Å²) in [6.07, 6.45) is 4.36. The molecule has 1 atom stereocenters. The highest BCUT2D eigenvalue weighted by molar-refractivity contribution is 5.34. The predicted octanol–water partition coefficient (Wildman–Crippen LogP) is 0.573. The molecule has 78 valence electrons. The number of hydrogen-bond acceptors (Lipinski definition) is 5. The van der Waals surface area contributed by atoms with Crippen LogP contribution >= 0.6 is 0 Å². The summed E-state index contributed by atoms with van der Waals surface area (Å²) in [6.45, 7) is 1.73. The molecule has 1 aliphatic rings. The van der Waals surface area contributed by atoms with Gasteiger partial charge in [-0.2, -0.15) is 5.26 Å². The zero-order valence-electron chi connectivity index (χ0n) is 8.55. The van der Waals surface area contributed by atoms with Crippen molar-refractivity contribution in [3.8, 4) is 6.07 Å². The van der Waals surface area contributed by atoms with Gasteiger partial charge >= 0.3 is 0 Å². The minimum atomic E-state index is 0.268. The Morgan fingerprint density at radius 3 is 2.80 bits per heavy atom. The molecule has 5 nitrogen and oxygen atoms in total. The van der Waals surface area contributed by atoms with Crippen molar-refractivity contribution in [2.24, 2.45) is 0 Å². The van der Waals surface area contributed by atoms with Crippen LogP contribution in [0, 0.1) is 11.3 Å². The number of nitriles is 1. The van der Waals surface area contributed by atoms with E-state index in [-0.39, 0.29) is 6.10 Å². The summed E-state index contributed by atoms with van der Waals surface area (Å²) in [7, 11) is 1.72. The maximum Gasteiger partial charge on any atom is 0.225 e. The van der Waals surface area contributed by atoms with Gasteiger partial charge in [0.15, 0.2) is 0 Å². The molecule has 0 radical (unpaired) electrons. The third-order valence-electron chi connectivity index (χ3n) is 2.53. The van der Waals surface area contributed by atoms with Crippen LogP contribution < -0.4 is 4.90 Å². The van der Waals surface area contributed by atoms with Crippen molar-refractivity contribution in [2.45, 2.75) is 12.5 Å². The van der Waals surface area contributed by atoms with Gasteiger partial charge in [-0.15, -0.1) is 0 Å². The molecule has 0 unspecified atom stereocenters. The molecule has 2 heterocycles. The molecule has 1 aromatic heterocycles. The van der Waals surface area contributed by atoms with Crippen LogP contribution in [0.25, 0.3) is 0 Å². The Kier molecular flexibility index (Phi) is 2.79. The zero-order chi connectivity index (χ0) is 10.7. The third kappa shape index (κ3) is 2.05. The van der Waals surface area contributed by atoms with E-state index in [0.29, 0.717) is 11.5 Å². The number of aromatic nitrogens is 2. The highest BCUT2D eigenvalue weighted by atomic mass is 16.5. The van der Waals surface area contributed by atoms with Crippen LogP contribution in [0.4, 0.5) is 5.95 Å². The van der Waals surface area contributed by atoms with Crippen LogP contribution in [-0.2, 0) is 4.74 Å². The Morgan fingerprint density at radius 2 is 2.27 bits per heavy atom. The molecule has 0 saturated carbocycles. The second kappa shape index (κ2) is 4.24. The summed E-state index contributed by atoms with van der Waals surface area (Å²) >= 11 is 0. The highest BCUT2D eigenvalue weighted by Gasteiger charge is 2.23. The topological polar surface area (TPSA) is 62.0 Å². The van der Waals surface area contributed by atoms with Gasteiger partial charge in [-0.25, -0.2) is 9.97 Å². The molecule has 0 amide bonds. The molecule has 5 heteroatoms. The fourth-order valence-electron chi connectivity index (χ4n) is 1.64. The Labute approximate surface area is 88.3 Å². The second-order valence-electron chi connectivity index (χ2n) is 3.48. The van der Waals surface area contributed by atoms with Gasteiger partial charge < -0.3 is 9.64 Å². The number of rotatable bonds is 2. The average molecular weight is 204 g/mol. The maximum atomic E-state index is 8.61. The SMILES string of the molecule is CO[C@@H]1CCN(c2ncc(C#N)cn2)C1. The van der Waals surface area contributed by atoms with Crippen molar-refractivity contribution in [3.05, 3.63) is 18.0 Å². The summed E-state index contributed by atoms with van der Waals surface area (Å²) in [4.78, 5) is 10.3. The lowest BCUT2D eigenvalue weighted by Gasteiger charge is -2.15. The first-order valence-electron chi connectivity index (χ1n) is 4.83. The molecule has 1 saturated heterocycles. The summed E-state index contributed by atoms with van der Waals surface area (Å²) in [5, 5.41) is 8.61. The maximum absolute atomic E-state index is 8.61. The third-order valence-corrected chi connectivity index (χ3v) is 2.53. The van der Waals surface area contributed by atoms with Gasteiger partial charge in [0.1, 0.15) is 6.07 Å². The summed E-state index contributed by atoms with van der Waals surface area (Å²) in [6, 6.07) is 2.00. The fourth-order valence-corrected chi connectivity index (χ4v) is 1.64. The van der Waals surface area contributed by atoms with Gasteiger partial charge in [0, 0.05) is 20.2 Å². The minimum absolute atomic E-state index is 0.268. The highest BCUT2D eigenvalue weighted by Crippen LogP contribution is 2.17. The second-order valence-corrected chi connectivity index (χ2v) is 3.48. The summed E-state index contributed by atoms with van der Waals surface area (Å²) in [5.41, 5.74) is 0.487. The number of hydrogen-bond donors (Lipinski definition) is 0. The van der Waals surface area contributed by atoms with Crippen LogP contribution in [0.2, 0.25) is 0 Å². The molecule has 1 aliphatic heterocycles. The Hall–Kier alpha value is -1.67. The molecule has 1 aromatic rings. The van der Waals surface area contributed by atoms with E-state index in [2.05, 4.69) is 14.9 Å². The first kappa shape index (κ1) is 9.87. The quantitative estimate of drug-likeness (QED) is 0.705. The molecule has 2 rings (SSSR count). The van der Waals surface area contributed by atoms with Crippen molar-refractivity contribution < 1.29 is 4.74 Å². The van der Waals surface area contributed by atoms with E-state index in [1.807, 2.05) is 6.07 Å². The van der Waals surface area contributed by atoms with Crippen LogP contribution in [0.15, 0.2) is 12.4 Å². The lowest BCUT2D eigenvalue weighted by Crippen LogP contribution is -2.24. The van der Waals surface area contributed by atoms with E-state index in [1.54, 1.807) is 19.5 Å². The molecular formula is C10H12N4O. The van der Waals surface area contributed by atoms with Crippen molar-refractivity contribution in [1.82, 2.24) is 9.97 Å². The minimum Gasteiger partial charge on any atom is -0.380 e. The predicted molar refractivity (Wildman–Crippen MR) is 54.4 cm³/mol. The standard InChI is InChI=1S/C10H12N4O/c1-15-9-2-3-14(7-9)10-12-5-8(4-11)6-13-10/h5-6,9H,2-3,7H2,1H3/t9-/m1/s1. The molecule has 0 spiro atoms. The first-order chi connectivity index (χ1) is 7.33. The van der Waals surface area contributed by atoms with Gasteiger partial charge in [-0.3, -0.25) is 0 Å². The summed E-state index contributed by atoms with van der Waals surface area (Å²) in [5.74, 6) is 0.675. The largest absolute Gasteiger partial charge is 0.380 e. The Balaban J connectivity index is 2.08. The van der Waals surface area contributed by atoms with Gasteiger partial charge in [-0.1, -0.05) is 0 Å². The van der Waals surface area contributed by atoms with Gasteiger partial charge in [-0.05, 0) is 6.42 Å². The van der Waals surface area contributed by atoms with Crippen molar-refractivity contribution in [3.63, 3.8) is 0 Å². The van der Waals surface area contributed by atoms with Crippen LogP contribution in [0.5, 0.6) is 0 Å². The van der Waals surface area contributed by atoms with E-state index < -0.39 is 0 Å². The van der Waals surface area contributed by atoms with E-state index in [0.717, 1.165) is 19.5 Å². The van der Waals surface area contributed by atoms with E-state index >= 15 is 0 Å². The van der Waals surface area contributed by atoms with Gasteiger partial charge in [0.05, 0.1) is 24.1 Å². The van der Waals surface area contributed by atoms with Gasteiger partial charge in [0.2, 0.25) is 5.95 Å². The van der Waals surface area contributed by atoms with E-state index in [1.165, 1.54) is 0 Å². The monoisotopic (exact) mass is 204 g/mol. The molecule has 0 aromatic carbocycles. The number of nitrogens with zero attached hydrogens (tertiary/aromatic N) is 4. The fraction of sp³-hybridized carbons (Fsp3) is 0.500. The molecular weight excluding hydrogens is 192 g/mol. The van der Waals surface area contributed by atoms with Crippen molar-refractivity contribution >= 4 is 5.95 Å². The average Bonchev–Trinajstić information content (AvgIpc) is 2.78. The lowest BCUT2D eigenvalue weighted by atomic mass is 10.3. The normalized spacial score (nSPS) is 20.3. The lowest BCUT2D eigenvalue weighted by molar-refractivity contribution is 0.121. The van der Waals surface area contributed by atoms with Crippen LogP contribution in [0.3, 0.4) is 0 Å². The zero-order valence-corrected chi connectivity index (χ0v) is 8.55. The molecule has 0 N–H and O–H groups in total.